The molecular weight excluding hydrogens is 424 g/mol. The number of likely N-dealkylation sites (tertiary alicyclic amines) is 1. The summed E-state index contributed by atoms with van der Waals surface area (Å²) in [5, 5.41) is 21.2. The second kappa shape index (κ2) is 9.95. The number of amides is 1. The van der Waals surface area contributed by atoms with Gasteiger partial charge in [-0.1, -0.05) is 6.07 Å². The minimum Gasteiger partial charge on any atom is -0.507 e. The van der Waals surface area contributed by atoms with Crippen molar-refractivity contribution in [2.24, 2.45) is 0 Å². The van der Waals surface area contributed by atoms with Crippen LogP contribution in [0.4, 0.5) is 0 Å². The zero-order valence-electron chi connectivity index (χ0n) is 19.6. The number of phenolic OH excluding ortho intramolecular Hbond substituents is 1. The molecule has 1 saturated heterocycles. The molecule has 33 heavy (non-hydrogen) atoms. The number of aryl methyl sites for hydroxylation is 1. The largest absolute Gasteiger partial charge is 0.507 e. The topological polar surface area (TPSA) is 99.5 Å². The standard InChI is InChI=1S/C25H30N2O6/c1-15-13-17(8-10-19(15)32-4)23(29)21-22(16-7-9-18(28)20(14-16)33-5)27(25(31)24(21)30)12-6-11-26(2)3/h7-10,13-14,22,28-29H,6,11-12H2,1-5H3/b23-21+/t22-/m1/s1. The van der Waals surface area contributed by atoms with E-state index >= 15 is 0 Å². The second-order valence-corrected chi connectivity index (χ2v) is 8.27. The van der Waals surface area contributed by atoms with Crippen LogP contribution in [0.2, 0.25) is 0 Å². The summed E-state index contributed by atoms with van der Waals surface area (Å²) in [5.74, 6) is -0.870. The maximum Gasteiger partial charge on any atom is 0.295 e. The van der Waals surface area contributed by atoms with Gasteiger partial charge in [-0.05, 0) is 75.4 Å². The molecule has 1 heterocycles. The summed E-state index contributed by atoms with van der Waals surface area (Å²) in [7, 11) is 6.84. The maximum absolute atomic E-state index is 13.1. The van der Waals surface area contributed by atoms with Gasteiger partial charge in [-0.25, -0.2) is 0 Å². The summed E-state index contributed by atoms with van der Waals surface area (Å²) in [5.41, 5.74) is 1.75. The van der Waals surface area contributed by atoms with Crippen molar-refractivity contribution in [1.29, 1.82) is 0 Å². The highest BCUT2D eigenvalue weighted by Gasteiger charge is 2.46. The fourth-order valence-corrected chi connectivity index (χ4v) is 4.06. The van der Waals surface area contributed by atoms with E-state index in [-0.39, 0.29) is 22.8 Å². The number of aromatic hydroxyl groups is 1. The third-order valence-corrected chi connectivity index (χ3v) is 5.73. The first-order chi connectivity index (χ1) is 15.7. The van der Waals surface area contributed by atoms with Gasteiger partial charge < -0.3 is 29.5 Å². The van der Waals surface area contributed by atoms with E-state index in [9.17, 15) is 19.8 Å². The van der Waals surface area contributed by atoms with Crippen LogP contribution in [-0.4, -0.2) is 73.1 Å². The van der Waals surface area contributed by atoms with Gasteiger partial charge in [-0.3, -0.25) is 9.59 Å². The van der Waals surface area contributed by atoms with Crippen molar-refractivity contribution in [3.63, 3.8) is 0 Å². The van der Waals surface area contributed by atoms with Crippen molar-refractivity contribution in [3.8, 4) is 17.2 Å². The lowest BCUT2D eigenvalue weighted by atomic mass is 9.94. The van der Waals surface area contributed by atoms with Gasteiger partial charge >= 0.3 is 0 Å². The monoisotopic (exact) mass is 454 g/mol. The van der Waals surface area contributed by atoms with Gasteiger partial charge in [0.05, 0.1) is 25.8 Å². The molecule has 176 valence electrons. The molecule has 1 fully saturated rings. The average Bonchev–Trinajstić information content (AvgIpc) is 3.03. The zero-order valence-corrected chi connectivity index (χ0v) is 19.6. The van der Waals surface area contributed by atoms with E-state index in [0.29, 0.717) is 29.8 Å². The summed E-state index contributed by atoms with van der Waals surface area (Å²) in [4.78, 5) is 29.6. The van der Waals surface area contributed by atoms with Gasteiger partial charge in [-0.2, -0.15) is 0 Å². The third-order valence-electron chi connectivity index (χ3n) is 5.73. The van der Waals surface area contributed by atoms with Crippen LogP contribution >= 0.6 is 0 Å². The van der Waals surface area contributed by atoms with E-state index in [1.807, 2.05) is 25.9 Å². The molecule has 8 heteroatoms. The molecule has 0 spiro atoms. The minimum absolute atomic E-state index is 0.00200. The lowest BCUT2D eigenvalue weighted by molar-refractivity contribution is -0.139. The van der Waals surface area contributed by atoms with E-state index in [2.05, 4.69) is 0 Å². The highest BCUT2D eigenvalue weighted by Crippen LogP contribution is 2.42. The first-order valence-corrected chi connectivity index (χ1v) is 10.6. The summed E-state index contributed by atoms with van der Waals surface area (Å²) < 4.78 is 10.5. The Labute approximate surface area is 193 Å². The number of aliphatic hydroxyl groups excluding tert-OH is 1. The number of ketones is 1. The van der Waals surface area contributed by atoms with Crippen LogP contribution in [0.5, 0.6) is 17.2 Å². The Hall–Kier alpha value is -3.52. The first kappa shape index (κ1) is 24.1. The van der Waals surface area contributed by atoms with Crippen molar-refractivity contribution in [2.75, 3.05) is 41.4 Å². The molecule has 0 bridgehead atoms. The number of hydrogen-bond donors (Lipinski definition) is 2. The summed E-state index contributed by atoms with van der Waals surface area (Å²) in [6, 6.07) is 8.90. The number of phenols is 1. The Morgan fingerprint density at radius 2 is 1.76 bits per heavy atom. The molecule has 0 unspecified atom stereocenters. The number of ether oxygens (including phenoxy) is 2. The number of methoxy groups -OCH3 is 2. The van der Waals surface area contributed by atoms with Crippen LogP contribution < -0.4 is 9.47 Å². The molecule has 1 atom stereocenters. The van der Waals surface area contributed by atoms with Crippen molar-refractivity contribution in [2.45, 2.75) is 19.4 Å². The fourth-order valence-electron chi connectivity index (χ4n) is 4.06. The van der Waals surface area contributed by atoms with Crippen molar-refractivity contribution >= 4 is 17.4 Å². The summed E-state index contributed by atoms with van der Waals surface area (Å²) >= 11 is 0. The molecule has 2 aromatic rings. The summed E-state index contributed by atoms with van der Waals surface area (Å²) in [6.07, 6.45) is 0.646. The van der Waals surface area contributed by atoms with Crippen LogP contribution in [0.25, 0.3) is 5.76 Å². The van der Waals surface area contributed by atoms with E-state index < -0.39 is 17.7 Å². The van der Waals surface area contributed by atoms with Crippen LogP contribution in [0.1, 0.15) is 29.2 Å². The number of Topliss-reactive ketones (excluding diaryl/α,β-unsaturated/α-hetero) is 1. The van der Waals surface area contributed by atoms with Crippen molar-refractivity contribution in [3.05, 3.63) is 58.7 Å². The molecule has 1 aliphatic heterocycles. The molecule has 0 aliphatic carbocycles. The van der Waals surface area contributed by atoms with Gasteiger partial charge in [0.1, 0.15) is 11.5 Å². The fraction of sp³-hybridized carbons (Fsp3) is 0.360. The molecule has 0 aromatic heterocycles. The SMILES string of the molecule is COc1ccc(/C(O)=C2\C(=O)C(=O)N(CCCN(C)C)[C@@H]2c2ccc(O)c(OC)c2)cc1C. The number of carbonyl (C=O) groups is 2. The van der Waals surface area contributed by atoms with Gasteiger partial charge in [0.2, 0.25) is 0 Å². The van der Waals surface area contributed by atoms with E-state index in [0.717, 1.165) is 12.1 Å². The van der Waals surface area contributed by atoms with Gasteiger partial charge in [0.25, 0.3) is 11.7 Å². The highest BCUT2D eigenvalue weighted by molar-refractivity contribution is 6.46. The molecule has 8 nitrogen and oxygen atoms in total. The number of rotatable bonds is 8. The quantitative estimate of drug-likeness (QED) is 0.359. The molecule has 0 radical (unpaired) electrons. The molecule has 2 aromatic carbocycles. The Kier molecular flexibility index (Phi) is 7.28. The maximum atomic E-state index is 13.1. The van der Waals surface area contributed by atoms with Crippen molar-refractivity contribution < 1.29 is 29.3 Å². The van der Waals surface area contributed by atoms with Crippen LogP contribution in [0, 0.1) is 6.92 Å². The van der Waals surface area contributed by atoms with E-state index in [1.165, 1.54) is 18.1 Å². The van der Waals surface area contributed by atoms with Gasteiger partial charge in [-0.15, -0.1) is 0 Å². The number of nitrogens with zero attached hydrogens (tertiary/aromatic N) is 2. The molecule has 3 rings (SSSR count). The third kappa shape index (κ3) is 4.80. The minimum atomic E-state index is -0.816. The highest BCUT2D eigenvalue weighted by atomic mass is 16.5. The zero-order chi connectivity index (χ0) is 24.3. The summed E-state index contributed by atoms with van der Waals surface area (Å²) in [6.45, 7) is 2.89. The van der Waals surface area contributed by atoms with E-state index in [1.54, 1.807) is 37.4 Å². The number of aliphatic hydroxyl groups is 1. The Morgan fingerprint density at radius 3 is 2.36 bits per heavy atom. The smallest absolute Gasteiger partial charge is 0.295 e. The number of carbonyl (C=O) groups excluding carboxylic acids is 2. The van der Waals surface area contributed by atoms with Crippen LogP contribution in [0.15, 0.2) is 42.0 Å². The molecular formula is C25H30N2O6. The lowest BCUT2D eigenvalue weighted by Gasteiger charge is -2.26. The molecule has 0 saturated carbocycles. The first-order valence-electron chi connectivity index (χ1n) is 10.6. The van der Waals surface area contributed by atoms with Gasteiger partial charge in [0.15, 0.2) is 11.5 Å². The second-order valence-electron chi connectivity index (χ2n) is 8.27. The van der Waals surface area contributed by atoms with E-state index in [4.69, 9.17) is 9.47 Å². The molecule has 1 amide bonds. The van der Waals surface area contributed by atoms with Crippen LogP contribution in [-0.2, 0) is 9.59 Å². The Morgan fingerprint density at radius 1 is 1.06 bits per heavy atom. The van der Waals surface area contributed by atoms with Gasteiger partial charge in [0, 0.05) is 12.1 Å². The predicted molar refractivity (Wildman–Crippen MR) is 125 cm³/mol. The Balaban J connectivity index is 2.15. The Bertz CT molecular complexity index is 1090. The number of benzene rings is 2. The van der Waals surface area contributed by atoms with Crippen molar-refractivity contribution in [1.82, 2.24) is 9.80 Å². The predicted octanol–water partition coefficient (Wildman–Crippen LogP) is 3.09. The normalized spacial score (nSPS) is 17.6. The molecule has 2 N–H and O–H groups in total. The van der Waals surface area contributed by atoms with Crippen LogP contribution in [0.3, 0.4) is 0 Å². The molecule has 1 aliphatic rings. The number of hydrogen-bond acceptors (Lipinski definition) is 7. The average molecular weight is 455 g/mol. The lowest BCUT2D eigenvalue weighted by Crippen LogP contribution is -2.32.